The third kappa shape index (κ3) is 6.29. The molecule has 168 valence electrons. The van der Waals surface area contributed by atoms with Crippen LogP contribution in [0.15, 0.2) is 66.2 Å². The minimum Gasteiger partial charge on any atom is -0.490 e. The molecule has 1 amide bonds. The summed E-state index contributed by atoms with van der Waals surface area (Å²) in [6.45, 7) is 4.37. The van der Waals surface area contributed by atoms with Crippen molar-refractivity contribution in [2.75, 3.05) is 11.9 Å². The molecule has 1 N–H and O–H groups in total. The molecule has 0 saturated heterocycles. The Morgan fingerprint density at radius 3 is 2.48 bits per heavy atom. The molecule has 0 aliphatic carbocycles. The SMILES string of the molecule is CCOc1cc(/C=C(\C#N)C(=O)Nc2c(C)cccc2Cl)cc(Cl)c1OCc1ccccc1. The van der Waals surface area contributed by atoms with Crippen LogP contribution in [0.2, 0.25) is 10.0 Å². The number of para-hydroxylation sites is 1. The van der Waals surface area contributed by atoms with Crippen LogP contribution < -0.4 is 14.8 Å². The Hall–Kier alpha value is -3.46. The molecule has 3 aromatic carbocycles. The van der Waals surface area contributed by atoms with Crippen molar-refractivity contribution < 1.29 is 14.3 Å². The van der Waals surface area contributed by atoms with Gasteiger partial charge >= 0.3 is 0 Å². The highest BCUT2D eigenvalue weighted by molar-refractivity contribution is 6.34. The van der Waals surface area contributed by atoms with Crippen LogP contribution in [-0.4, -0.2) is 12.5 Å². The van der Waals surface area contributed by atoms with Crippen LogP contribution in [0.3, 0.4) is 0 Å². The van der Waals surface area contributed by atoms with Gasteiger partial charge in [-0.2, -0.15) is 5.26 Å². The minimum absolute atomic E-state index is 0.106. The second-order valence-corrected chi connectivity index (χ2v) is 7.91. The molecule has 0 aliphatic heterocycles. The summed E-state index contributed by atoms with van der Waals surface area (Å²) in [4.78, 5) is 12.7. The van der Waals surface area contributed by atoms with Crippen molar-refractivity contribution in [3.8, 4) is 17.6 Å². The van der Waals surface area contributed by atoms with E-state index in [-0.39, 0.29) is 5.57 Å². The van der Waals surface area contributed by atoms with Gasteiger partial charge in [-0.1, -0.05) is 65.7 Å². The van der Waals surface area contributed by atoms with Crippen LogP contribution in [0.25, 0.3) is 6.08 Å². The average Bonchev–Trinajstić information content (AvgIpc) is 2.80. The number of anilines is 1. The smallest absolute Gasteiger partial charge is 0.266 e. The normalized spacial score (nSPS) is 10.9. The average molecular weight is 481 g/mol. The van der Waals surface area contributed by atoms with Crippen molar-refractivity contribution in [3.63, 3.8) is 0 Å². The van der Waals surface area contributed by atoms with Gasteiger partial charge in [0.25, 0.3) is 5.91 Å². The number of nitrogens with one attached hydrogen (secondary N) is 1. The maximum Gasteiger partial charge on any atom is 0.266 e. The number of carbonyl (C=O) groups is 1. The molecule has 0 fully saturated rings. The fourth-order valence-electron chi connectivity index (χ4n) is 3.09. The Balaban J connectivity index is 1.87. The lowest BCUT2D eigenvalue weighted by molar-refractivity contribution is -0.112. The summed E-state index contributed by atoms with van der Waals surface area (Å²) >= 11 is 12.7. The summed E-state index contributed by atoms with van der Waals surface area (Å²) < 4.78 is 11.6. The van der Waals surface area contributed by atoms with Crippen LogP contribution in [-0.2, 0) is 11.4 Å². The van der Waals surface area contributed by atoms with Gasteiger partial charge in [-0.25, -0.2) is 0 Å². The Bertz CT molecular complexity index is 1200. The van der Waals surface area contributed by atoms with Crippen molar-refractivity contribution in [2.24, 2.45) is 0 Å². The van der Waals surface area contributed by atoms with E-state index in [9.17, 15) is 10.1 Å². The van der Waals surface area contributed by atoms with E-state index in [0.717, 1.165) is 11.1 Å². The summed E-state index contributed by atoms with van der Waals surface area (Å²) in [6, 6.07) is 20.2. The molecule has 0 unspecified atom stereocenters. The highest BCUT2D eigenvalue weighted by Gasteiger charge is 2.16. The third-order valence-electron chi connectivity index (χ3n) is 4.69. The van der Waals surface area contributed by atoms with E-state index in [0.29, 0.717) is 46.0 Å². The first-order valence-electron chi connectivity index (χ1n) is 10.2. The van der Waals surface area contributed by atoms with Crippen LogP contribution in [0.1, 0.15) is 23.6 Å². The first kappa shape index (κ1) is 24.2. The number of halogens is 2. The largest absolute Gasteiger partial charge is 0.490 e. The summed E-state index contributed by atoms with van der Waals surface area (Å²) in [7, 11) is 0. The monoisotopic (exact) mass is 480 g/mol. The van der Waals surface area contributed by atoms with Crippen molar-refractivity contribution >= 4 is 40.9 Å². The maximum absolute atomic E-state index is 12.7. The molecule has 7 heteroatoms. The standard InChI is InChI=1S/C26H22Cl2N2O3/c1-3-32-23-14-19(13-22(28)25(23)33-16-18-9-5-4-6-10-18)12-20(15-29)26(31)30-24-17(2)8-7-11-21(24)27/h4-14H,3,16H2,1-2H3,(H,30,31)/b20-12+. The lowest BCUT2D eigenvalue weighted by Gasteiger charge is -2.15. The van der Waals surface area contributed by atoms with Crippen LogP contribution in [0.5, 0.6) is 11.5 Å². The molecular weight excluding hydrogens is 459 g/mol. The van der Waals surface area contributed by atoms with Crippen LogP contribution in [0.4, 0.5) is 5.69 Å². The summed E-state index contributed by atoms with van der Waals surface area (Å²) in [6.07, 6.45) is 1.44. The molecule has 0 heterocycles. The van der Waals surface area contributed by atoms with Gasteiger partial charge in [-0.15, -0.1) is 0 Å². The Labute approximate surface area is 203 Å². The van der Waals surface area contributed by atoms with E-state index >= 15 is 0 Å². The highest BCUT2D eigenvalue weighted by Crippen LogP contribution is 2.38. The number of nitrogens with zero attached hydrogens (tertiary/aromatic N) is 1. The van der Waals surface area contributed by atoms with E-state index < -0.39 is 5.91 Å². The predicted octanol–water partition coefficient (Wildman–Crippen LogP) is 6.83. The number of ether oxygens (including phenoxy) is 2. The zero-order valence-electron chi connectivity index (χ0n) is 18.2. The Morgan fingerprint density at radius 1 is 1.06 bits per heavy atom. The molecule has 0 saturated carbocycles. The molecule has 0 aliphatic rings. The maximum atomic E-state index is 12.7. The highest BCUT2D eigenvalue weighted by atomic mass is 35.5. The van der Waals surface area contributed by atoms with Crippen molar-refractivity contribution in [2.45, 2.75) is 20.5 Å². The number of amides is 1. The molecule has 5 nitrogen and oxygen atoms in total. The third-order valence-corrected chi connectivity index (χ3v) is 5.29. The van der Waals surface area contributed by atoms with Gasteiger partial charge in [0.1, 0.15) is 18.2 Å². The molecular formula is C26H22Cl2N2O3. The molecule has 3 rings (SSSR count). The van der Waals surface area contributed by atoms with Crippen molar-refractivity contribution in [1.82, 2.24) is 0 Å². The number of nitriles is 1. The van der Waals surface area contributed by atoms with Gasteiger partial charge in [0, 0.05) is 0 Å². The molecule has 0 bridgehead atoms. The summed E-state index contributed by atoms with van der Waals surface area (Å²) in [5, 5.41) is 13.0. The van der Waals surface area contributed by atoms with E-state index in [4.69, 9.17) is 32.7 Å². The van der Waals surface area contributed by atoms with Crippen molar-refractivity contribution in [1.29, 1.82) is 5.26 Å². The van der Waals surface area contributed by atoms with E-state index in [1.54, 1.807) is 24.3 Å². The first-order chi connectivity index (χ1) is 15.9. The molecule has 33 heavy (non-hydrogen) atoms. The van der Waals surface area contributed by atoms with Gasteiger partial charge < -0.3 is 14.8 Å². The molecule has 0 radical (unpaired) electrons. The van der Waals surface area contributed by atoms with E-state index in [1.807, 2.05) is 56.3 Å². The fourth-order valence-corrected chi connectivity index (χ4v) is 3.63. The summed E-state index contributed by atoms with van der Waals surface area (Å²) in [5.74, 6) is 0.244. The van der Waals surface area contributed by atoms with Gasteiger partial charge in [0.05, 0.1) is 22.3 Å². The minimum atomic E-state index is -0.577. The number of aryl methyl sites for hydroxylation is 1. The van der Waals surface area contributed by atoms with Gasteiger partial charge in [0.2, 0.25) is 0 Å². The predicted molar refractivity (Wildman–Crippen MR) is 132 cm³/mol. The van der Waals surface area contributed by atoms with Crippen LogP contribution >= 0.6 is 23.2 Å². The lowest BCUT2D eigenvalue weighted by Crippen LogP contribution is -2.14. The zero-order chi connectivity index (χ0) is 23.8. The second-order valence-electron chi connectivity index (χ2n) is 7.09. The molecule has 0 spiro atoms. The molecule has 0 aromatic heterocycles. The van der Waals surface area contributed by atoms with E-state index in [1.165, 1.54) is 6.08 Å². The van der Waals surface area contributed by atoms with Gasteiger partial charge in [0.15, 0.2) is 11.5 Å². The Morgan fingerprint density at radius 2 is 1.82 bits per heavy atom. The summed E-state index contributed by atoms with van der Waals surface area (Å²) in [5.41, 5.74) is 2.65. The quantitative estimate of drug-likeness (QED) is 0.283. The number of rotatable bonds is 8. The number of benzene rings is 3. The van der Waals surface area contributed by atoms with E-state index in [2.05, 4.69) is 5.32 Å². The number of hydrogen-bond acceptors (Lipinski definition) is 4. The fraction of sp³-hybridized carbons (Fsp3) is 0.154. The van der Waals surface area contributed by atoms with Crippen molar-refractivity contribution in [3.05, 3.63) is 93.0 Å². The number of carbonyl (C=O) groups excluding carboxylic acids is 1. The first-order valence-corrected chi connectivity index (χ1v) is 11.0. The zero-order valence-corrected chi connectivity index (χ0v) is 19.7. The number of hydrogen-bond donors (Lipinski definition) is 1. The molecule has 0 atom stereocenters. The lowest BCUT2D eigenvalue weighted by atomic mass is 10.1. The molecule has 3 aromatic rings. The topological polar surface area (TPSA) is 71.3 Å². The second kappa shape index (κ2) is 11.4. The van der Waals surface area contributed by atoms with Crippen LogP contribution in [0, 0.1) is 18.3 Å². The van der Waals surface area contributed by atoms with Gasteiger partial charge in [-0.05, 0) is 54.8 Å². The van der Waals surface area contributed by atoms with Gasteiger partial charge in [-0.3, -0.25) is 4.79 Å². The Kier molecular flexibility index (Phi) is 8.37.